The van der Waals surface area contributed by atoms with Gasteiger partial charge >= 0.3 is 0 Å². The van der Waals surface area contributed by atoms with E-state index in [1.54, 1.807) is 11.3 Å². The molecule has 0 spiro atoms. The first kappa shape index (κ1) is 8.90. The Hall–Kier alpha value is -0.190. The van der Waals surface area contributed by atoms with E-state index in [-0.39, 0.29) is 0 Å². The van der Waals surface area contributed by atoms with E-state index in [2.05, 4.69) is 32.8 Å². The molecule has 0 aliphatic rings. The van der Waals surface area contributed by atoms with Crippen molar-refractivity contribution < 1.29 is 0 Å². The van der Waals surface area contributed by atoms with Crippen LogP contribution in [0.5, 0.6) is 0 Å². The van der Waals surface area contributed by atoms with E-state index in [0.29, 0.717) is 0 Å². The van der Waals surface area contributed by atoms with E-state index in [0.717, 1.165) is 17.6 Å². The minimum atomic E-state index is 0.803. The van der Waals surface area contributed by atoms with E-state index in [1.165, 1.54) is 4.88 Å². The van der Waals surface area contributed by atoms with Gasteiger partial charge in [0.2, 0.25) is 0 Å². The van der Waals surface area contributed by atoms with Crippen LogP contribution in [-0.2, 0) is 6.54 Å². The number of halogens is 1. The second-order valence-corrected chi connectivity index (χ2v) is 4.18. The lowest BCUT2D eigenvalue weighted by atomic mass is 10.5. The number of aromatic nitrogens is 1. The van der Waals surface area contributed by atoms with Gasteiger partial charge in [-0.3, -0.25) is 4.98 Å². The number of rotatable bonds is 4. The molecular weight excluding hydrogens is 224 g/mol. The number of hydrogen-bond acceptors (Lipinski definition) is 3. The predicted molar refractivity (Wildman–Crippen MR) is 51.9 cm³/mol. The molecule has 0 saturated carbocycles. The molecule has 0 atom stereocenters. The van der Waals surface area contributed by atoms with E-state index in [1.807, 2.05) is 11.7 Å². The normalized spacial score (nSPS) is 9.91. The molecule has 1 aromatic heterocycles. The lowest BCUT2D eigenvalue weighted by molar-refractivity contribution is 0.766. The van der Waals surface area contributed by atoms with Gasteiger partial charge in [-0.2, -0.15) is 0 Å². The zero-order valence-electron chi connectivity index (χ0n) is 6.01. The fraction of sp³-hybridized carbons (Fsp3) is 0.286. The van der Waals surface area contributed by atoms with Gasteiger partial charge in [-0.1, -0.05) is 22.5 Å². The first-order valence-electron chi connectivity index (χ1n) is 3.20. The van der Waals surface area contributed by atoms with Crippen LogP contribution in [0, 0.1) is 0 Å². The quantitative estimate of drug-likeness (QED) is 0.861. The molecule has 60 valence electrons. The number of thiazole rings is 1. The molecule has 2 nitrogen and oxygen atoms in total. The Morgan fingerprint density at radius 2 is 2.64 bits per heavy atom. The molecule has 1 aromatic rings. The summed E-state index contributed by atoms with van der Waals surface area (Å²) in [5, 5.41) is 3.21. The summed E-state index contributed by atoms with van der Waals surface area (Å²) in [4.78, 5) is 5.21. The number of nitrogens with zero attached hydrogens (tertiary/aromatic N) is 1. The molecule has 0 fully saturated rings. The minimum Gasteiger partial charge on any atom is -0.307 e. The maximum Gasteiger partial charge on any atom is 0.0794 e. The van der Waals surface area contributed by atoms with Gasteiger partial charge in [-0.25, -0.2) is 0 Å². The fourth-order valence-electron chi connectivity index (χ4n) is 0.651. The molecule has 0 aliphatic heterocycles. The summed E-state index contributed by atoms with van der Waals surface area (Å²) in [6.07, 6.45) is 1.87. The van der Waals surface area contributed by atoms with Crippen LogP contribution in [-0.4, -0.2) is 11.5 Å². The summed E-state index contributed by atoms with van der Waals surface area (Å²) >= 11 is 4.93. The third-order valence-electron chi connectivity index (χ3n) is 1.10. The summed E-state index contributed by atoms with van der Waals surface area (Å²) in [5.41, 5.74) is 1.83. The molecule has 11 heavy (non-hydrogen) atoms. The van der Waals surface area contributed by atoms with E-state index >= 15 is 0 Å². The molecule has 1 heterocycles. The molecule has 0 bridgehead atoms. The highest BCUT2D eigenvalue weighted by molar-refractivity contribution is 9.11. The highest BCUT2D eigenvalue weighted by Gasteiger charge is 1.92. The van der Waals surface area contributed by atoms with Crippen LogP contribution < -0.4 is 5.32 Å². The Morgan fingerprint density at radius 1 is 1.82 bits per heavy atom. The van der Waals surface area contributed by atoms with Crippen LogP contribution >= 0.6 is 27.3 Å². The molecule has 0 unspecified atom stereocenters. The van der Waals surface area contributed by atoms with Gasteiger partial charge < -0.3 is 5.32 Å². The number of hydrogen-bond donors (Lipinski definition) is 1. The first-order chi connectivity index (χ1) is 5.29. The van der Waals surface area contributed by atoms with Gasteiger partial charge in [0.15, 0.2) is 0 Å². The van der Waals surface area contributed by atoms with E-state index in [9.17, 15) is 0 Å². The Kier molecular flexibility index (Phi) is 3.76. The molecule has 0 aliphatic carbocycles. The SMILES string of the molecule is C=C(Br)CNCc1cncs1. The topological polar surface area (TPSA) is 24.9 Å². The molecule has 0 aromatic carbocycles. The Balaban J connectivity index is 2.19. The molecule has 4 heteroatoms. The first-order valence-corrected chi connectivity index (χ1v) is 4.87. The monoisotopic (exact) mass is 232 g/mol. The summed E-state index contributed by atoms with van der Waals surface area (Å²) < 4.78 is 0.974. The van der Waals surface area contributed by atoms with E-state index in [4.69, 9.17) is 0 Å². The largest absolute Gasteiger partial charge is 0.307 e. The van der Waals surface area contributed by atoms with Crippen molar-refractivity contribution >= 4 is 27.3 Å². The Morgan fingerprint density at radius 3 is 3.18 bits per heavy atom. The number of nitrogens with one attached hydrogen (secondary N) is 1. The standard InChI is InChI=1S/C7H9BrN2S/c1-6(8)2-9-3-7-4-10-5-11-7/h4-5,9H,1-3H2. The summed E-state index contributed by atoms with van der Waals surface area (Å²) in [7, 11) is 0. The van der Waals surface area contributed by atoms with E-state index < -0.39 is 0 Å². The van der Waals surface area contributed by atoms with Crippen LogP contribution in [0.25, 0.3) is 0 Å². The van der Waals surface area contributed by atoms with Crippen molar-refractivity contribution in [1.82, 2.24) is 10.3 Å². The predicted octanol–water partition coefficient (Wildman–Crippen LogP) is 2.14. The average Bonchev–Trinajstić information content (AvgIpc) is 2.39. The van der Waals surface area contributed by atoms with Crippen molar-refractivity contribution in [3.8, 4) is 0 Å². The second kappa shape index (κ2) is 4.64. The van der Waals surface area contributed by atoms with Crippen molar-refractivity contribution in [2.24, 2.45) is 0 Å². The van der Waals surface area contributed by atoms with Crippen molar-refractivity contribution in [1.29, 1.82) is 0 Å². The zero-order chi connectivity index (χ0) is 8.10. The third kappa shape index (κ3) is 3.65. The van der Waals surface area contributed by atoms with Gasteiger partial charge in [0, 0.05) is 28.6 Å². The summed E-state index contributed by atoms with van der Waals surface area (Å²) in [6.45, 7) is 5.39. The van der Waals surface area contributed by atoms with Crippen LogP contribution in [0.15, 0.2) is 22.8 Å². The maximum absolute atomic E-state index is 3.96. The molecule has 1 N–H and O–H groups in total. The van der Waals surface area contributed by atoms with Crippen LogP contribution in [0.2, 0.25) is 0 Å². The fourth-order valence-corrected chi connectivity index (χ4v) is 1.41. The Bertz CT molecular complexity index is 220. The highest BCUT2D eigenvalue weighted by Crippen LogP contribution is 2.05. The van der Waals surface area contributed by atoms with Gasteiger partial charge in [0.05, 0.1) is 5.51 Å². The van der Waals surface area contributed by atoms with Crippen LogP contribution in [0.4, 0.5) is 0 Å². The third-order valence-corrected chi connectivity index (χ3v) is 2.16. The van der Waals surface area contributed by atoms with Crippen molar-refractivity contribution in [3.05, 3.63) is 27.6 Å². The smallest absolute Gasteiger partial charge is 0.0794 e. The molecule has 0 radical (unpaired) electrons. The highest BCUT2D eigenvalue weighted by atomic mass is 79.9. The van der Waals surface area contributed by atoms with Crippen molar-refractivity contribution in [2.75, 3.05) is 6.54 Å². The van der Waals surface area contributed by atoms with Gasteiger partial charge in [0.1, 0.15) is 0 Å². The van der Waals surface area contributed by atoms with Crippen molar-refractivity contribution in [2.45, 2.75) is 6.54 Å². The molecule has 0 amide bonds. The molecule has 1 rings (SSSR count). The molecular formula is C7H9BrN2S. The lowest BCUT2D eigenvalue weighted by Gasteiger charge is -1.98. The molecule has 0 saturated heterocycles. The maximum atomic E-state index is 3.96. The van der Waals surface area contributed by atoms with Gasteiger partial charge in [0.25, 0.3) is 0 Å². The van der Waals surface area contributed by atoms with Crippen LogP contribution in [0.1, 0.15) is 4.88 Å². The average molecular weight is 233 g/mol. The minimum absolute atomic E-state index is 0.803. The Labute approximate surface area is 78.5 Å². The lowest BCUT2D eigenvalue weighted by Crippen LogP contribution is -2.13. The second-order valence-electron chi connectivity index (χ2n) is 2.09. The summed E-state index contributed by atoms with van der Waals surface area (Å²) in [6, 6.07) is 0. The summed E-state index contributed by atoms with van der Waals surface area (Å²) in [5.74, 6) is 0. The van der Waals surface area contributed by atoms with Crippen LogP contribution in [0.3, 0.4) is 0 Å². The zero-order valence-corrected chi connectivity index (χ0v) is 8.41. The van der Waals surface area contributed by atoms with Gasteiger partial charge in [-0.15, -0.1) is 11.3 Å². The van der Waals surface area contributed by atoms with Crippen molar-refractivity contribution in [3.63, 3.8) is 0 Å². The van der Waals surface area contributed by atoms with Gasteiger partial charge in [-0.05, 0) is 0 Å².